The first-order valence-corrected chi connectivity index (χ1v) is 7.34. The summed E-state index contributed by atoms with van der Waals surface area (Å²) in [6, 6.07) is 0.944. The zero-order valence-corrected chi connectivity index (χ0v) is 11.0. The summed E-state index contributed by atoms with van der Waals surface area (Å²) in [5.41, 5.74) is 0.325. The topological polar surface area (TPSA) is 41.1 Å². The Bertz CT molecular complexity index is 264. The van der Waals surface area contributed by atoms with Gasteiger partial charge in [-0.15, -0.1) is 0 Å². The lowest BCUT2D eigenvalue weighted by Crippen LogP contribution is -2.49. The second-order valence-electron chi connectivity index (χ2n) is 5.59. The van der Waals surface area contributed by atoms with E-state index in [0.29, 0.717) is 24.0 Å². The molecule has 1 heterocycles. The number of hydrogen-bond acceptors (Lipinski definition) is 3. The van der Waals surface area contributed by atoms with Crippen LogP contribution in [0.3, 0.4) is 0 Å². The number of amides is 1. The van der Waals surface area contributed by atoms with Crippen molar-refractivity contribution in [3.05, 3.63) is 0 Å². The Kier molecular flexibility index (Phi) is 3.80. The van der Waals surface area contributed by atoms with Crippen molar-refractivity contribution in [3.8, 4) is 0 Å². The molecule has 0 bridgehead atoms. The summed E-state index contributed by atoms with van der Waals surface area (Å²) in [6.07, 6.45) is 3.56. The van der Waals surface area contributed by atoms with Crippen LogP contribution in [0.5, 0.6) is 0 Å². The molecule has 1 aliphatic heterocycles. The van der Waals surface area contributed by atoms with E-state index in [2.05, 4.69) is 24.5 Å². The minimum Gasteiger partial charge on any atom is -0.352 e. The summed E-state index contributed by atoms with van der Waals surface area (Å²) in [4.78, 5) is 11.6. The molecule has 0 radical (unpaired) electrons. The molecular formula is C12H22N2OS. The van der Waals surface area contributed by atoms with Gasteiger partial charge in [0.15, 0.2) is 0 Å². The molecule has 0 aromatic carbocycles. The molecule has 0 spiro atoms. The van der Waals surface area contributed by atoms with E-state index in [0.717, 1.165) is 18.6 Å². The van der Waals surface area contributed by atoms with Crippen molar-refractivity contribution in [2.24, 2.45) is 5.41 Å². The number of hydrogen-bond donors (Lipinski definition) is 2. The van der Waals surface area contributed by atoms with Gasteiger partial charge < -0.3 is 10.6 Å². The summed E-state index contributed by atoms with van der Waals surface area (Å²) < 4.78 is 0. The molecular weight excluding hydrogens is 220 g/mol. The SMILES string of the molecule is CC1(C)CCSCC1NCC(=O)NC1CC1. The fraction of sp³-hybridized carbons (Fsp3) is 0.917. The van der Waals surface area contributed by atoms with E-state index < -0.39 is 0 Å². The van der Waals surface area contributed by atoms with E-state index in [1.54, 1.807) is 0 Å². The minimum absolute atomic E-state index is 0.161. The maximum absolute atomic E-state index is 11.6. The van der Waals surface area contributed by atoms with Gasteiger partial charge in [0.25, 0.3) is 0 Å². The van der Waals surface area contributed by atoms with Crippen LogP contribution in [0.2, 0.25) is 0 Å². The van der Waals surface area contributed by atoms with Crippen molar-refractivity contribution in [2.75, 3.05) is 18.1 Å². The molecule has 1 aliphatic carbocycles. The molecule has 1 unspecified atom stereocenters. The van der Waals surface area contributed by atoms with Crippen LogP contribution < -0.4 is 10.6 Å². The number of carbonyl (C=O) groups is 1. The van der Waals surface area contributed by atoms with E-state index >= 15 is 0 Å². The molecule has 16 heavy (non-hydrogen) atoms. The lowest BCUT2D eigenvalue weighted by Gasteiger charge is -2.38. The van der Waals surface area contributed by atoms with Gasteiger partial charge in [0.1, 0.15) is 0 Å². The zero-order valence-electron chi connectivity index (χ0n) is 10.2. The first-order valence-electron chi connectivity index (χ1n) is 6.18. The first kappa shape index (κ1) is 12.2. The monoisotopic (exact) mass is 242 g/mol. The predicted octanol–water partition coefficient (Wildman–Crippen LogP) is 1.39. The average Bonchev–Trinajstić information content (AvgIpc) is 2.99. The predicted molar refractivity (Wildman–Crippen MR) is 68.7 cm³/mol. The number of thioether (sulfide) groups is 1. The Balaban J connectivity index is 1.72. The van der Waals surface area contributed by atoms with Crippen LogP contribution in [-0.2, 0) is 4.79 Å². The molecule has 2 aliphatic rings. The van der Waals surface area contributed by atoms with Gasteiger partial charge in [-0.1, -0.05) is 13.8 Å². The van der Waals surface area contributed by atoms with E-state index in [1.165, 1.54) is 12.2 Å². The fourth-order valence-corrected chi connectivity index (χ4v) is 3.64. The van der Waals surface area contributed by atoms with Crippen LogP contribution in [0.15, 0.2) is 0 Å². The number of rotatable bonds is 4. The van der Waals surface area contributed by atoms with Gasteiger partial charge in [-0.05, 0) is 30.4 Å². The normalized spacial score (nSPS) is 28.8. The Labute approximate surface area is 102 Å². The smallest absolute Gasteiger partial charge is 0.234 e. The van der Waals surface area contributed by atoms with Gasteiger partial charge in [0.2, 0.25) is 5.91 Å². The lowest BCUT2D eigenvalue weighted by atomic mass is 9.82. The minimum atomic E-state index is 0.161. The second kappa shape index (κ2) is 4.96. The standard InChI is InChI=1S/C12H22N2OS/c1-12(2)5-6-16-8-10(12)13-7-11(15)14-9-3-4-9/h9-10,13H,3-8H2,1-2H3,(H,14,15). The van der Waals surface area contributed by atoms with Crippen LogP contribution in [0.1, 0.15) is 33.1 Å². The van der Waals surface area contributed by atoms with Crippen LogP contribution in [0, 0.1) is 5.41 Å². The van der Waals surface area contributed by atoms with Gasteiger partial charge >= 0.3 is 0 Å². The number of nitrogens with one attached hydrogen (secondary N) is 2. The lowest BCUT2D eigenvalue weighted by molar-refractivity contribution is -0.120. The van der Waals surface area contributed by atoms with Crippen molar-refractivity contribution >= 4 is 17.7 Å². The largest absolute Gasteiger partial charge is 0.352 e. The van der Waals surface area contributed by atoms with Crippen LogP contribution >= 0.6 is 11.8 Å². The number of carbonyl (C=O) groups excluding carboxylic acids is 1. The molecule has 0 aromatic heterocycles. The quantitative estimate of drug-likeness (QED) is 0.783. The Morgan fingerprint density at radius 1 is 1.44 bits per heavy atom. The van der Waals surface area contributed by atoms with E-state index in [1.807, 2.05) is 11.8 Å². The van der Waals surface area contributed by atoms with Crippen molar-refractivity contribution in [1.29, 1.82) is 0 Å². The molecule has 2 N–H and O–H groups in total. The molecule has 1 atom stereocenters. The molecule has 2 rings (SSSR count). The van der Waals surface area contributed by atoms with Gasteiger partial charge in [-0.2, -0.15) is 11.8 Å². The summed E-state index contributed by atoms with van der Waals surface area (Å²) in [5.74, 6) is 2.54. The second-order valence-corrected chi connectivity index (χ2v) is 6.74. The van der Waals surface area contributed by atoms with Gasteiger partial charge in [-0.25, -0.2) is 0 Å². The maximum Gasteiger partial charge on any atom is 0.234 e. The highest BCUT2D eigenvalue weighted by molar-refractivity contribution is 7.99. The van der Waals surface area contributed by atoms with Gasteiger partial charge in [-0.3, -0.25) is 4.79 Å². The van der Waals surface area contributed by atoms with Crippen LogP contribution in [0.4, 0.5) is 0 Å². The summed E-state index contributed by atoms with van der Waals surface area (Å²) >= 11 is 1.99. The Morgan fingerprint density at radius 3 is 2.81 bits per heavy atom. The van der Waals surface area contributed by atoms with Crippen LogP contribution in [0.25, 0.3) is 0 Å². The van der Waals surface area contributed by atoms with Gasteiger partial charge in [0.05, 0.1) is 6.54 Å². The molecule has 1 saturated heterocycles. The fourth-order valence-electron chi connectivity index (χ4n) is 1.99. The third-order valence-electron chi connectivity index (χ3n) is 3.57. The molecule has 1 amide bonds. The summed E-state index contributed by atoms with van der Waals surface area (Å²) in [6.45, 7) is 5.07. The van der Waals surface area contributed by atoms with Crippen LogP contribution in [-0.4, -0.2) is 36.0 Å². The first-order chi connectivity index (χ1) is 7.58. The molecule has 92 valence electrons. The Morgan fingerprint density at radius 2 is 2.19 bits per heavy atom. The third-order valence-corrected chi connectivity index (χ3v) is 4.63. The van der Waals surface area contributed by atoms with Crippen molar-refractivity contribution < 1.29 is 4.79 Å². The van der Waals surface area contributed by atoms with Crippen molar-refractivity contribution in [2.45, 2.75) is 45.2 Å². The molecule has 3 nitrogen and oxygen atoms in total. The third kappa shape index (κ3) is 3.39. The maximum atomic E-state index is 11.6. The molecule has 1 saturated carbocycles. The van der Waals surface area contributed by atoms with Crippen molar-refractivity contribution in [1.82, 2.24) is 10.6 Å². The summed E-state index contributed by atoms with van der Waals surface area (Å²) in [5, 5.41) is 6.42. The molecule has 2 fully saturated rings. The average molecular weight is 242 g/mol. The van der Waals surface area contributed by atoms with E-state index in [4.69, 9.17) is 0 Å². The highest BCUT2D eigenvalue weighted by Crippen LogP contribution is 2.33. The molecule has 4 heteroatoms. The Hall–Kier alpha value is -0.220. The van der Waals surface area contributed by atoms with Gasteiger partial charge in [0, 0.05) is 17.8 Å². The zero-order chi connectivity index (χ0) is 11.6. The molecule has 0 aromatic rings. The summed E-state index contributed by atoms with van der Waals surface area (Å²) in [7, 11) is 0. The van der Waals surface area contributed by atoms with Crippen molar-refractivity contribution in [3.63, 3.8) is 0 Å². The van der Waals surface area contributed by atoms with E-state index in [-0.39, 0.29) is 5.91 Å². The highest BCUT2D eigenvalue weighted by atomic mass is 32.2. The highest BCUT2D eigenvalue weighted by Gasteiger charge is 2.32. The van der Waals surface area contributed by atoms with E-state index in [9.17, 15) is 4.79 Å².